The first-order valence-electron chi connectivity index (χ1n) is 11.7. The van der Waals surface area contributed by atoms with Gasteiger partial charge < -0.3 is 0 Å². The largest absolute Gasteiger partial charge is 0.256 e. The summed E-state index contributed by atoms with van der Waals surface area (Å²) in [6.45, 7) is 0.609. The number of aromatic nitrogens is 1. The van der Waals surface area contributed by atoms with E-state index in [4.69, 9.17) is 0 Å². The first-order valence-corrected chi connectivity index (χ1v) is 11.7. The monoisotopic (exact) mass is 451 g/mol. The van der Waals surface area contributed by atoms with E-state index in [-0.39, 0.29) is 0 Å². The normalized spacial score (nSPS) is 12.8. The summed E-state index contributed by atoms with van der Waals surface area (Å²) in [4.78, 5) is 4.48. The molecule has 0 saturated carbocycles. The Balaban J connectivity index is 1.33. The number of rotatable bonds is 5. The van der Waals surface area contributed by atoms with Gasteiger partial charge in [-0.05, 0) is 64.7 Å². The van der Waals surface area contributed by atoms with Gasteiger partial charge in [-0.25, -0.2) is 0 Å². The molecule has 0 radical (unpaired) electrons. The Morgan fingerprint density at radius 1 is 0.514 bits per heavy atom. The third-order valence-electron chi connectivity index (χ3n) is 6.16. The molecule has 4 aromatic carbocycles. The van der Waals surface area contributed by atoms with Crippen molar-refractivity contribution in [3.63, 3.8) is 0 Å². The fourth-order valence-corrected chi connectivity index (χ4v) is 4.35. The number of hydrogen-bond donors (Lipinski definition) is 0. The zero-order valence-electron chi connectivity index (χ0n) is 19.1. The van der Waals surface area contributed by atoms with Gasteiger partial charge in [0.1, 0.15) is 5.22 Å². The highest BCUT2D eigenvalue weighted by atomic mass is 15.5. The Kier molecular flexibility index (Phi) is 5.53. The van der Waals surface area contributed by atoms with Gasteiger partial charge in [-0.1, -0.05) is 78.9 Å². The summed E-state index contributed by atoms with van der Waals surface area (Å²) in [5.41, 5.74) is 9.72. The van der Waals surface area contributed by atoms with Crippen LogP contribution in [-0.2, 0) is 0 Å². The molecule has 0 N–H and O–H groups in total. The van der Waals surface area contributed by atoms with Crippen molar-refractivity contribution in [3.8, 4) is 33.5 Å². The molecule has 0 spiro atoms. The Morgan fingerprint density at radius 3 is 1.80 bits per heavy atom. The molecule has 4 nitrogen and oxygen atoms in total. The quantitative estimate of drug-likeness (QED) is 0.254. The smallest absolute Gasteiger partial charge is 0.231 e. The molecule has 1 aliphatic rings. The van der Waals surface area contributed by atoms with E-state index in [1.54, 1.807) is 0 Å². The predicted molar refractivity (Wildman–Crippen MR) is 141 cm³/mol. The van der Waals surface area contributed by atoms with Crippen molar-refractivity contribution in [2.24, 2.45) is 10.3 Å². The van der Waals surface area contributed by atoms with Crippen LogP contribution in [0.3, 0.4) is 0 Å². The van der Waals surface area contributed by atoms with E-state index in [1.807, 2.05) is 47.3 Å². The molecule has 4 heteroatoms. The van der Waals surface area contributed by atoms with Crippen LogP contribution in [0.2, 0.25) is 0 Å². The maximum atomic E-state index is 4.59. The molecule has 5 aromatic rings. The molecule has 0 aliphatic carbocycles. The lowest BCUT2D eigenvalue weighted by molar-refractivity contribution is -0.492. The average Bonchev–Trinajstić information content (AvgIpc) is 3.45. The molecule has 166 valence electrons. The van der Waals surface area contributed by atoms with E-state index in [0.717, 1.165) is 28.2 Å². The van der Waals surface area contributed by atoms with Crippen molar-refractivity contribution in [3.05, 3.63) is 133 Å². The van der Waals surface area contributed by atoms with Gasteiger partial charge in [0, 0.05) is 17.3 Å². The standard InChI is InChI=1S/C31H23N4/c1-3-10-23(11-4-1)26-18-27(24-12-5-2-6-13-24)20-28(19-26)31-22-35(34-33-31)29-15-9-14-25(21-29)30-16-7-8-17-32-30/h1-21H,22H2/q+1. The fraction of sp³-hybridized carbons (Fsp3) is 0.0323. The molecule has 0 bridgehead atoms. The second-order valence-electron chi connectivity index (χ2n) is 8.49. The van der Waals surface area contributed by atoms with E-state index in [0.29, 0.717) is 6.54 Å². The first-order chi connectivity index (χ1) is 17.3. The molecule has 0 saturated heterocycles. The second-order valence-corrected chi connectivity index (χ2v) is 8.49. The summed E-state index contributed by atoms with van der Waals surface area (Å²) >= 11 is 0. The minimum Gasteiger partial charge on any atom is -0.256 e. The summed E-state index contributed by atoms with van der Waals surface area (Å²) in [6.07, 6.45) is 1.81. The van der Waals surface area contributed by atoms with Gasteiger partial charge in [0.05, 0.1) is 10.8 Å². The van der Waals surface area contributed by atoms with Crippen molar-refractivity contribution in [1.82, 2.24) is 4.98 Å². The maximum Gasteiger partial charge on any atom is 0.231 e. The van der Waals surface area contributed by atoms with Crippen molar-refractivity contribution in [2.45, 2.75) is 0 Å². The summed E-state index contributed by atoms with van der Waals surface area (Å²) in [5, 5.41) is 9.09. The van der Waals surface area contributed by atoms with Gasteiger partial charge in [0.2, 0.25) is 5.71 Å². The maximum absolute atomic E-state index is 4.59. The van der Waals surface area contributed by atoms with Crippen LogP contribution in [0, 0.1) is 0 Å². The van der Waals surface area contributed by atoms with Gasteiger partial charge in [0.25, 0.3) is 0 Å². The molecule has 6 rings (SSSR count). The van der Waals surface area contributed by atoms with Crippen LogP contribution in [0.1, 0.15) is 5.56 Å². The molecule has 0 unspecified atom stereocenters. The molecule has 0 amide bonds. The summed E-state index contributed by atoms with van der Waals surface area (Å²) in [6, 6.07) is 41.8. The van der Waals surface area contributed by atoms with Gasteiger partial charge in [0.15, 0.2) is 12.2 Å². The molecule has 1 aromatic heterocycles. The fourth-order valence-electron chi connectivity index (χ4n) is 4.35. The van der Waals surface area contributed by atoms with Crippen molar-refractivity contribution in [2.75, 3.05) is 6.54 Å². The van der Waals surface area contributed by atoms with Crippen molar-refractivity contribution < 1.29 is 4.70 Å². The zero-order chi connectivity index (χ0) is 23.5. The van der Waals surface area contributed by atoms with Crippen molar-refractivity contribution in [1.29, 1.82) is 0 Å². The summed E-state index contributed by atoms with van der Waals surface area (Å²) < 4.78 is 1.94. The van der Waals surface area contributed by atoms with Gasteiger partial charge in [-0.15, -0.1) is 4.70 Å². The first kappa shape index (κ1) is 20.9. The van der Waals surface area contributed by atoms with Gasteiger partial charge in [-0.3, -0.25) is 4.98 Å². The van der Waals surface area contributed by atoms with Crippen LogP contribution >= 0.6 is 0 Å². The third kappa shape index (κ3) is 4.42. The minimum absolute atomic E-state index is 0.609. The molecular weight excluding hydrogens is 428 g/mol. The number of benzene rings is 4. The zero-order valence-corrected chi connectivity index (χ0v) is 19.1. The van der Waals surface area contributed by atoms with E-state index in [9.17, 15) is 0 Å². The van der Waals surface area contributed by atoms with Crippen LogP contribution in [0.5, 0.6) is 0 Å². The third-order valence-corrected chi connectivity index (χ3v) is 6.16. The lowest BCUT2D eigenvalue weighted by atomic mass is 9.94. The number of hydrogen-bond acceptors (Lipinski definition) is 3. The van der Waals surface area contributed by atoms with Crippen LogP contribution in [0.4, 0.5) is 5.69 Å². The topological polar surface area (TPSA) is 40.6 Å². The van der Waals surface area contributed by atoms with E-state index < -0.39 is 0 Å². The van der Waals surface area contributed by atoms with Gasteiger partial charge >= 0.3 is 0 Å². The molecule has 0 fully saturated rings. The lowest BCUT2D eigenvalue weighted by Gasteiger charge is -2.09. The Hall–Kier alpha value is -4.70. The molecule has 35 heavy (non-hydrogen) atoms. The second kappa shape index (κ2) is 9.27. The van der Waals surface area contributed by atoms with Crippen molar-refractivity contribution >= 4 is 11.4 Å². The van der Waals surface area contributed by atoms with Crippen LogP contribution in [0.25, 0.3) is 33.5 Å². The lowest BCUT2D eigenvalue weighted by Crippen LogP contribution is -2.12. The Morgan fingerprint density at radius 2 is 1.14 bits per heavy atom. The van der Waals surface area contributed by atoms with Gasteiger partial charge in [-0.2, -0.15) is 0 Å². The Labute approximate surface area is 204 Å². The van der Waals surface area contributed by atoms with E-state index in [2.05, 4.69) is 100 Å². The molecule has 0 atom stereocenters. The molecule has 1 aliphatic heterocycles. The molecule has 2 heterocycles. The predicted octanol–water partition coefficient (Wildman–Crippen LogP) is 7.60. The highest BCUT2D eigenvalue weighted by Crippen LogP contribution is 2.30. The minimum atomic E-state index is 0.609. The van der Waals surface area contributed by atoms with Crippen LogP contribution < -0.4 is 0 Å². The number of pyridine rings is 1. The highest BCUT2D eigenvalue weighted by molar-refractivity contribution is 6.03. The van der Waals surface area contributed by atoms with E-state index in [1.165, 1.54) is 22.3 Å². The summed E-state index contributed by atoms with van der Waals surface area (Å²) in [5.74, 6) is 0. The SMILES string of the molecule is c1ccc(-c2cc(C3=NN=[N+](c4cccc(-c5ccccn5)c4)C3)cc(-c3ccccc3)c2)cc1. The highest BCUT2D eigenvalue weighted by Gasteiger charge is 2.25. The Bertz CT molecular complexity index is 1480. The van der Waals surface area contributed by atoms with Crippen LogP contribution in [0.15, 0.2) is 138 Å². The number of nitrogens with zero attached hydrogens (tertiary/aromatic N) is 4. The average molecular weight is 452 g/mol. The molecular formula is C31H23N4+. The van der Waals surface area contributed by atoms with Crippen LogP contribution in [-0.4, -0.2) is 21.9 Å². The van der Waals surface area contributed by atoms with E-state index >= 15 is 0 Å². The summed E-state index contributed by atoms with van der Waals surface area (Å²) in [7, 11) is 0.